The van der Waals surface area contributed by atoms with Crippen molar-refractivity contribution in [2.45, 2.75) is 32.1 Å². The highest BCUT2D eigenvalue weighted by Gasteiger charge is 2.44. The lowest BCUT2D eigenvalue weighted by molar-refractivity contribution is -0.120. The molecule has 2 nitrogen and oxygen atoms in total. The number of carbonyl (C=O) groups is 1. The molecule has 0 aromatic carbocycles. The van der Waals surface area contributed by atoms with Gasteiger partial charge < -0.3 is 5.32 Å². The maximum absolute atomic E-state index is 12.3. The van der Waals surface area contributed by atoms with Crippen LogP contribution in [0.4, 0.5) is 8.78 Å². The summed E-state index contributed by atoms with van der Waals surface area (Å²) in [5, 5.41) is 2.59. The van der Waals surface area contributed by atoms with Crippen molar-refractivity contribution in [2.24, 2.45) is 5.92 Å². The lowest BCUT2D eigenvalue weighted by atomic mass is 9.79. The number of nitrogens with one attached hydrogen (secondary N) is 1. The standard InChI is InChI=1S/C8H13F2NO/c1-6(12)11-3-2-7-4-8(9,10)5-7/h7H,2-5H2,1H3,(H,11,12). The van der Waals surface area contributed by atoms with Gasteiger partial charge in [0.15, 0.2) is 0 Å². The van der Waals surface area contributed by atoms with Gasteiger partial charge in [-0.3, -0.25) is 4.79 Å². The molecule has 70 valence electrons. The Morgan fingerprint density at radius 3 is 2.58 bits per heavy atom. The van der Waals surface area contributed by atoms with Gasteiger partial charge in [0, 0.05) is 26.3 Å². The molecule has 0 aromatic rings. The predicted molar refractivity (Wildman–Crippen MR) is 41.0 cm³/mol. The fraction of sp³-hybridized carbons (Fsp3) is 0.875. The molecule has 1 amide bonds. The monoisotopic (exact) mass is 177 g/mol. The quantitative estimate of drug-likeness (QED) is 0.696. The molecular formula is C8H13F2NO. The van der Waals surface area contributed by atoms with Gasteiger partial charge in [-0.2, -0.15) is 0 Å². The summed E-state index contributed by atoms with van der Waals surface area (Å²) in [6.07, 6.45) is 0.661. The lowest BCUT2D eigenvalue weighted by Gasteiger charge is -2.34. The first kappa shape index (κ1) is 9.42. The smallest absolute Gasteiger partial charge is 0.248 e. The average molecular weight is 177 g/mol. The normalized spacial score (nSPS) is 21.6. The van der Waals surface area contributed by atoms with Gasteiger partial charge in [-0.05, 0) is 12.3 Å². The van der Waals surface area contributed by atoms with Crippen molar-refractivity contribution in [1.82, 2.24) is 5.32 Å². The largest absolute Gasteiger partial charge is 0.356 e. The Morgan fingerprint density at radius 1 is 1.58 bits per heavy atom. The van der Waals surface area contributed by atoms with Gasteiger partial charge in [0.25, 0.3) is 0 Å². The summed E-state index contributed by atoms with van der Waals surface area (Å²) in [5.41, 5.74) is 0. The molecule has 12 heavy (non-hydrogen) atoms. The van der Waals surface area contributed by atoms with Crippen LogP contribution < -0.4 is 5.32 Å². The van der Waals surface area contributed by atoms with Gasteiger partial charge in [0.2, 0.25) is 11.8 Å². The molecule has 0 atom stereocenters. The molecule has 4 heteroatoms. The van der Waals surface area contributed by atoms with Crippen molar-refractivity contribution in [3.63, 3.8) is 0 Å². The molecule has 0 saturated heterocycles. The summed E-state index contributed by atoms with van der Waals surface area (Å²) in [5.74, 6) is -2.42. The minimum Gasteiger partial charge on any atom is -0.356 e. The van der Waals surface area contributed by atoms with Crippen molar-refractivity contribution in [3.05, 3.63) is 0 Å². The van der Waals surface area contributed by atoms with E-state index < -0.39 is 5.92 Å². The van der Waals surface area contributed by atoms with Gasteiger partial charge in [-0.15, -0.1) is 0 Å². The van der Waals surface area contributed by atoms with E-state index in [0.717, 1.165) is 0 Å². The number of carbonyl (C=O) groups excluding carboxylic acids is 1. The maximum atomic E-state index is 12.3. The van der Waals surface area contributed by atoms with Crippen molar-refractivity contribution < 1.29 is 13.6 Å². The van der Waals surface area contributed by atoms with Crippen LogP contribution in [0.2, 0.25) is 0 Å². The first-order valence-corrected chi connectivity index (χ1v) is 4.12. The van der Waals surface area contributed by atoms with Crippen LogP contribution >= 0.6 is 0 Å². The van der Waals surface area contributed by atoms with Crippen LogP contribution in [-0.2, 0) is 4.79 Å². The van der Waals surface area contributed by atoms with Crippen molar-refractivity contribution in [3.8, 4) is 0 Å². The van der Waals surface area contributed by atoms with E-state index in [1.165, 1.54) is 6.92 Å². The predicted octanol–water partition coefficient (Wildman–Crippen LogP) is 1.56. The van der Waals surface area contributed by atoms with Crippen LogP contribution in [0.3, 0.4) is 0 Å². The SMILES string of the molecule is CC(=O)NCCC1CC(F)(F)C1. The molecule has 0 aliphatic heterocycles. The topological polar surface area (TPSA) is 29.1 Å². The van der Waals surface area contributed by atoms with Crippen LogP contribution in [0.1, 0.15) is 26.2 Å². The van der Waals surface area contributed by atoms with E-state index in [0.29, 0.717) is 13.0 Å². The summed E-state index contributed by atoms with van der Waals surface area (Å²) in [6.45, 7) is 1.95. The summed E-state index contributed by atoms with van der Waals surface area (Å²) in [6, 6.07) is 0. The van der Waals surface area contributed by atoms with E-state index in [-0.39, 0.29) is 24.7 Å². The van der Waals surface area contributed by atoms with Crippen LogP contribution in [-0.4, -0.2) is 18.4 Å². The summed E-state index contributed by atoms with van der Waals surface area (Å²) >= 11 is 0. The number of rotatable bonds is 3. The van der Waals surface area contributed by atoms with Crippen molar-refractivity contribution in [2.75, 3.05) is 6.54 Å². The van der Waals surface area contributed by atoms with Crippen LogP contribution in [0.25, 0.3) is 0 Å². The zero-order valence-corrected chi connectivity index (χ0v) is 7.07. The average Bonchev–Trinajstić information content (AvgIpc) is 1.82. The van der Waals surface area contributed by atoms with E-state index in [1.54, 1.807) is 0 Å². The molecule has 1 saturated carbocycles. The first-order chi connectivity index (χ1) is 5.49. The second kappa shape index (κ2) is 3.37. The lowest BCUT2D eigenvalue weighted by Crippen LogP contribution is -2.37. The van der Waals surface area contributed by atoms with Gasteiger partial charge in [0.1, 0.15) is 0 Å². The minimum absolute atomic E-state index is 0.00736. The van der Waals surface area contributed by atoms with Crippen LogP contribution in [0, 0.1) is 5.92 Å². The molecule has 1 rings (SSSR count). The van der Waals surface area contributed by atoms with Crippen molar-refractivity contribution in [1.29, 1.82) is 0 Å². The molecule has 0 unspecified atom stereocenters. The number of hydrogen-bond acceptors (Lipinski definition) is 1. The molecule has 0 radical (unpaired) electrons. The molecule has 1 fully saturated rings. The van der Waals surface area contributed by atoms with E-state index in [1.807, 2.05) is 0 Å². The second-order valence-electron chi connectivity index (χ2n) is 3.40. The Kier molecular flexibility index (Phi) is 2.65. The highest BCUT2D eigenvalue weighted by molar-refractivity contribution is 5.72. The van der Waals surface area contributed by atoms with E-state index >= 15 is 0 Å². The molecule has 0 bridgehead atoms. The first-order valence-electron chi connectivity index (χ1n) is 4.12. The summed E-state index contributed by atoms with van der Waals surface area (Å²) in [4.78, 5) is 10.4. The maximum Gasteiger partial charge on any atom is 0.248 e. The Bertz CT molecular complexity index is 174. The Hall–Kier alpha value is -0.670. The minimum atomic E-state index is -2.43. The third kappa shape index (κ3) is 2.75. The third-order valence-electron chi connectivity index (χ3n) is 2.10. The molecular weight excluding hydrogens is 164 g/mol. The van der Waals surface area contributed by atoms with Gasteiger partial charge in [-0.25, -0.2) is 8.78 Å². The fourth-order valence-electron chi connectivity index (χ4n) is 1.44. The van der Waals surface area contributed by atoms with Gasteiger partial charge in [-0.1, -0.05) is 0 Å². The van der Waals surface area contributed by atoms with Crippen LogP contribution in [0.15, 0.2) is 0 Å². The van der Waals surface area contributed by atoms with Crippen LogP contribution in [0.5, 0.6) is 0 Å². The third-order valence-corrected chi connectivity index (χ3v) is 2.10. The summed E-state index contributed by atoms with van der Waals surface area (Å²) in [7, 11) is 0. The number of amides is 1. The fourth-order valence-corrected chi connectivity index (χ4v) is 1.44. The molecule has 0 heterocycles. The Balaban J connectivity index is 2.01. The molecule has 1 aliphatic carbocycles. The van der Waals surface area contributed by atoms with E-state index in [9.17, 15) is 13.6 Å². The second-order valence-corrected chi connectivity index (χ2v) is 3.40. The number of alkyl halides is 2. The zero-order chi connectivity index (χ0) is 9.19. The molecule has 0 aromatic heterocycles. The zero-order valence-electron chi connectivity index (χ0n) is 7.07. The highest BCUT2D eigenvalue weighted by atomic mass is 19.3. The molecule has 0 spiro atoms. The van der Waals surface area contributed by atoms with Gasteiger partial charge >= 0.3 is 0 Å². The van der Waals surface area contributed by atoms with E-state index in [2.05, 4.69) is 5.32 Å². The molecule has 1 aliphatic rings. The van der Waals surface area contributed by atoms with Crippen molar-refractivity contribution >= 4 is 5.91 Å². The Morgan fingerprint density at radius 2 is 2.17 bits per heavy atom. The highest BCUT2D eigenvalue weighted by Crippen LogP contribution is 2.43. The summed E-state index contributed by atoms with van der Waals surface area (Å²) < 4.78 is 24.6. The Labute approximate surface area is 70.3 Å². The molecule has 1 N–H and O–H groups in total. The number of hydrogen-bond donors (Lipinski definition) is 1. The van der Waals surface area contributed by atoms with E-state index in [4.69, 9.17) is 0 Å². The van der Waals surface area contributed by atoms with Gasteiger partial charge in [0.05, 0.1) is 0 Å². The number of halogens is 2.